The Morgan fingerprint density at radius 1 is 1.14 bits per heavy atom. The molecule has 0 spiro atoms. The summed E-state index contributed by atoms with van der Waals surface area (Å²) in [6, 6.07) is 11.4. The van der Waals surface area contributed by atoms with Crippen molar-refractivity contribution in [2.24, 2.45) is 0 Å². The minimum atomic E-state index is -0.476. The number of nitro groups is 1. The Balaban J connectivity index is 1.84. The third kappa shape index (κ3) is 4.90. The molecular formula is C21H23N3O5. The molecule has 1 N–H and O–H groups in total. The van der Waals surface area contributed by atoms with E-state index in [0.717, 1.165) is 32.4 Å². The summed E-state index contributed by atoms with van der Waals surface area (Å²) in [7, 11) is 1.30. The van der Waals surface area contributed by atoms with Gasteiger partial charge in [0.25, 0.3) is 11.6 Å². The minimum absolute atomic E-state index is 0.0149. The highest BCUT2D eigenvalue weighted by Gasteiger charge is 2.23. The number of methoxy groups -OCH3 is 1. The van der Waals surface area contributed by atoms with Crippen LogP contribution < -0.4 is 10.2 Å². The van der Waals surface area contributed by atoms with Crippen LogP contribution in [0.5, 0.6) is 0 Å². The van der Waals surface area contributed by atoms with Gasteiger partial charge in [0.1, 0.15) is 5.69 Å². The second-order valence-electron chi connectivity index (χ2n) is 6.87. The average molecular weight is 397 g/mol. The molecule has 1 saturated heterocycles. The van der Waals surface area contributed by atoms with Gasteiger partial charge in [0.15, 0.2) is 0 Å². The molecule has 0 aromatic heterocycles. The number of carbonyl (C=O) groups excluding carboxylic acids is 2. The number of piperidine rings is 1. The van der Waals surface area contributed by atoms with Crippen LogP contribution in [-0.2, 0) is 16.0 Å². The number of esters is 1. The zero-order valence-electron chi connectivity index (χ0n) is 16.2. The Morgan fingerprint density at radius 2 is 1.86 bits per heavy atom. The number of hydrogen-bond donors (Lipinski definition) is 1. The summed E-state index contributed by atoms with van der Waals surface area (Å²) in [5.41, 5.74) is 1.71. The van der Waals surface area contributed by atoms with Crippen molar-refractivity contribution in [3.05, 3.63) is 63.7 Å². The van der Waals surface area contributed by atoms with Crippen LogP contribution in [0.25, 0.3) is 0 Å². The van der Waals surface area contributed by atoms with Gasteiger partial charge in [-0.1, -0.05) is 18.2 Å². The van der Waals surface area contributed by atoms with Gasteiger partial charge in [-0.15, -0.1) is 0 Å². The Hall–Kier alpha value is -3.42. The monoisotopic (exact) mass is 397 g/mol. The highest BCUT2D eigenvalue weighted by atomic mass is 16.6. The molecular weight excluding hydrogens is 374 g/mol. The van der Waals surface area contributed by atoms with Crippen molar-refractivity contribution in [2.45, 2.75) is 25.7 Å². The number of nitrogens with zero attached hydrogens (tertiary/aromatic N) is 2. The summed E-state index contributed by atoms with van der Waals surface area (Å²) < 4.78 is 4.68. The van der Waals surface area contributed by atoms with Crippen LogP contribution in [0.3, 0.4) is 0 Å². The van der Waals surface area contributed by atoms with E-state index in [2.05, 4.69) is 10.1 Å². The number of amides is 1. The van der Waals surface area contributed by atoms with Crippen molar-refractivity contribution in [1.82, 2.24) is 0 Å². The fourth-order valence-corrected chi connectivity index (χ4v) is 3.43. The number of rotatable bonds is 6. The van der Waals surface area contributed by atoms with Crippen LogP contribution >= 0.6 is 0 Å². The van der Waals surface area contributed by atoms with E-state index in [4.69, 9.17) is 0 Å². The molecule has 0 atom stereocenters. The first-order valence-electron chi connectivity index (χ1n) is 9.49. The topological polar surface area (TPSA) is 102 Å². The van der Waals surface area contributed by atoms with Gasteiger partial charge < -0.3 is 15.0 Å². The van der Waals surface area contributed by atoms with Gasteiger partial charge in [0, 0.05) is 30.4 Å². The quantitative estimate of drug-likeness (QED) is 0.454. The molecule has 0 unspecified atom stereocenters. The van der Waals surface area contributed by atoms with Crippen molar-refractivity contribution >= 4 is 28.9 Å². The maximum atomic E-state index is 12.7. The molecule has 0 saturated carbocycles. The molecule has 0 aliphatic carbocycles. The molecule has 3 rings (SSSR count). The summed E-state index contributed by atoms with van der Waals surface area (Å²) in [4.78, 5) is 37.4. The predicted octanol–water partition coefficient (Wildman–Crippen LogP) is 3.55. The number of para-hydroxylation sites is 1. The third-order valence-electron chi connectivity index (χ3n) is 4.96. The van der Waals surface area contributed by atoms with Crippen molar-refractivity contribution in [1.29, 1.82) is 0 Å². The van der Waals surface area contributed by atoms with E-state index in [1.54, 1.807) is 36.4 Å². The molecule has 1 aliphatic rings. The molecule has 2 aromatic rings. The predicted molar refractivity (Wildman–Crippen MR) is 109 cm³/mol. The van der Waals surface area contributed by atoms with Gasteiger partial charge >= 0.3 is 5.97 Å². The first kappa shape index (κ1) is 20.3. The lowest BCUT2D eigenvalue weighted by Gasteiger charge is -2.28. The van der Waals surface area contributed by atoms with E-state index in [-0.39, 0.29) is 17.7 Å². The van der Waals surface area contributed by atoms with E-state index in [9.17, 15) is 19.7 Å². The summed E-state index contributed by atoms with van der Waals surface area (Å²) in [5.74, 6) is -0.899. The van der Waals surface area contributed by atoms with Crippen LogP contribution in [0, 0.1) is 10.1 Å². The number of nitrogens with one attached hydrogen (secondary N) is 1. The first-order chi connectivity index (χ1) is 14.0. The van der Waals surface area contributed by atoms with E-state index in [1.165, 1.54) is 13.2 Å². The Morgan fingerprint density at radius 3 is 2.55 bits per heavy atom. The molecule has 1 fully saturated rings. The first-order valence-corrected chi connectivity index (χ1v) is 9.49. The number of hydrogen-bond acceptors (Lipinski definition) is 6. The van der Waals surface area contributed by atoms with E-state index in [0.29, 0.717) is 16.9 Å². The maximum absolute atomic E-state index is 12.7. The summed E-state index contributed by atoms with van der Waals surface area (Å²) in [5, 5.41) is 14.3. The second kappa shape index (κ2) is 9.18. The number of anilines is 2. The van der Waals surface area contributed by atoms with Gasteiger partial charge in [0.05, 0.1) is 18.5 Å². The zero-order chi connectivity index (χ0) is 20.8. The summed E-state index contributed by atoms with van der Waals surface area (Å²) in [6.07, 6.45) is 3.13. The molecule has 2 aromatic carbocycles. The average Bonchev–Trinajstić information content (AvgIpc) is 2.75. The number of nitro benzene ring substituents is 1. The molecule has 0 bridgehead atoms. The van der Waals surface area contributed by atoms with Gasteiger partial charge in [-0.25, -0.2) is 0 Å². The minimum Gasteiger partial charge on any atom is -0.469 e. The number of benzene rings is 2. The van der Waals surface area contributed by atoms with Crippen molar-refractivity contribution in [3.63, 3.8) is 0 Å². The zero-order valence-corrected chi connectivity index (χ0v) is 16.2. The van der Waals surface area contributed by atoms with Gasteiger partial charge in [-0.05, 0) is 43.0 Å². The van der Waals surface area contributed by atoms with Gasteiger partial charge in [-0.3, -0.25) is 19.7 Å². The van der Waals surface area contributed by atoms with Crippen molar-refractivity contribution in [3.8, 4) is 0 Å². The number of ether oxygens (including phenoxy) is 1. The van der Waals surface area contributed by atoms with E-state index in [1.807, 2.05) is 4.90 Å². The molecule has 1 heterocycles. The lowest BCUT2D eigenvalue weighted by Crippen LogP contribution is -2.30. The highest BCUT2D eigenvalue weighted by molar-refractivity contribution is 6.05. The largest absolute Gasteiger partial charge is 0.469 e. The molecule has 152 valence electrons. The summed E-state index contributed by atoms with van der Waals surface area (Å²) in [6.45, 7) is 1.54. The fraction of sp³-hybridized carbons (Fsp3) is 0.333. The summed E-state index contributed by atoms with van der Waals surface area (Å²) >= 11 is 0. The SMILES string of the molecule is COC(=O)Cc1ccccc1NC(=O)c1ccc(N2CCCCC2)c([N+](=O)[O-])c1. The molecule has 8 heteroatoms. The van der Waals surface area contributed by atoms with Crippen LogP contribution in [0.2, 0.25) is 0 Å². The number of carbonyl (C=O) groups is 2. The molecule has 8 nitrogen and oxygen atoms in total. The smallest absolute Gasteiger partial charge is 0.310 e. The molecule has 0 radical (unpaired) electrons. The maximum Gasteiger partial charge on any atom is 0.310 e. The fourth-order valence-electron chi connectivity index (χ4n) is 3.43. The van der Waals surface area contributed by atoms with Gasteiger partial charge in [-0.2, -0.15) is 0 Å². The van der Waals surface area contributed by atoms with Crippen molar-refractivity contribution in [2.75, 3.05) is 30.4 Å². The Labute approximate surface area is 168 Å². The van der Waals surface area contributed by atoms with Crippen LogP contribution in [0.1, 0.15) is 35.2 Å². The second-order valence-corrected chi connectivity index (χ2v) is 6.87. The molecule has 29 heavy (non-hydrogen) atoms. The highest BCUT2D eigenvalue weighted by Crippen LogP contribution is 2.31. The van der Waals surface area contributed by atoms with Gasteiger partial charge in [0.2, 0.25) is 0 Å². The van der Waals surface area contributed by atoms with Crippen LogP contribution in [-0.4, -0.2) is 37.0 Å². The lowest BCUT2D eigenvalue weighted by molar-refractivity contribution is -0.384. The van der Waals surface area contributed by atoms with Crippen LogP contribution in [0.4, 0.5) is 17.1 Å². The third-order valence-corrected chi connectivity index (χ3v) is 4.96. The Bertz CT molecular complexity index is 922. The normalized spacial score (nSPS) is 13.6. The molecule has 1 amide bonds. The lowest BCUT2D eigenvalue weighted by atomic mass is 10.1. The van der Waals surface area contributed by atoms with Crippen molar-refractivity contribution < 1.29 is 19.2 Å². The van der Waals surface area contributed by atoms with E-state index >= 15 is 0 Å². The standard InChI is InChI=1S/C21H23N3O5/c1-29-20(25)14-15-7-3-4-8-17(15)22-21(26)16-9-10-18(19(13-16)24(27)28)23-11-5-2-6-12-23/h3-4,7-10,13H,2,5-6,11-12,14H2,1H3,(H,22,26). The van der Waals surface area contributed by atoms with E-state index < -0.39 is 16.8 Å². The molecule has 1 aliphatic heterocycles. The Kier molecular flexibility index (Phi) is 6.43. The van der Waals surface area contributed by atoms with Crippen LogP contribution in [0.15, 0.2) is 42.5 Å².